The van der Waals surface area contributed by atoms with Crippen LogP contribution in [-0.2, 0) is 0 Å². The molecule has 1 aromatic carbocycles. The van der Waals surface area contributed by atoms with Gasteiger partial charge in [-0.3, -0.25) is 14.9 Å². The summed E-state index contributed by atoms with van der Waals surface area (Å²) in [6, 6.07) is 2.78. The molecule has 0 spiro atoms. The highest BCUT2D eigenvalue weighted by atomic mass is 35.5. The molecule has 0 atom stereocenters. The highest BCUT2D eigenvalue weighted by Gasteiger charge is 2.16. The monoisotopic (exact) mass is 238 g/mol. The van der Waals surface area contributed by atoms with Gasteiger partial charge in [-0.15, -0.1) is 0 Å². The number of carbonyl (C=O) groups is 1. The molecule has 5 nitrogen and oxygen atoms in total. The molecule has 0 bridgehead atoms. The van der Waals surface area contributed by atoms with E-state index in [0.29, 0.717) is 22.8 Å². The van der Waals surface area contributed by atoms with Crippen LogP contribution in [0.2, 0.25) is 5.15 Å². The number of hydrogen-bond acceptors (Lipinski definition) is 3. The van der Waals surface area contributed by atoms with Crippen molar-refractivity contribution in [1.29, 1.82) is 0 Å². The number of carbonyl (C=O) groups excluding carboxylic acids is 1. The highest BCUT2D eigenvalue weighted by molar-refractivity contribution is 6.34. The molecule has 0 aliphatic heterocycles. The normalized spacial score (nSPS) is 10.6. The fourth-order valence-electron chi connectivity index (χ4n) is 1.66. The van der Waals surface area contributed by atoms with Gasteiger partial charge in [0.1, 0.15) is 5.15 Å². The Bertz CT molecular complexity index is 604. The molecule has 0 fully saturated rings. The Morgan fingerprint density at radius 3 is 2.75 bits per heavy atom. The first-order valence-electron chi connectivity index (χ1n) is 4.46. The summed E-state index contributed by atoms with van der Waals surface area (Å²) >= 11 is 5.81. The number of aldehydes is 1. The van der Waals surface area contributed by atoms with Gasteiger partial charge in [0.05, 0.1) is 16.0 Å². The second-order valence-corrected chi connectivity index (χ2v) is 3.79. The molecule has 0 amide bonds. The van der Waals surface area contributed by atoms with Gasteiger partial charge in [-0.25, -0.2) is 0 Å². The third kappa shape index (κ3) is 1.45. The van der Waals surface area contributed by atoms with Crippen LogP contribution in [0.3, 0.4) is 0 Å². The maximum Gasteiger partial charge on any atom is 0.270 e. The zero-order chi connectivity index (χ0) is 11.9. The summed E-state index contributed by atoms with van der Waals surface area (Å²) in [5.41, 5.74) is 1.53. The first kappa shape index (κ1) is 10.6. The van der Waals surface area contributed by atoms with E-state index >= 15 is 0 Å². The molecule has 0 aliphatic carbocycles. The summed E-state index contributed by atoms with van der Waals surface area (Å²) < 4.78 is 0. The molecule has 0 radical (unpaired) electrons. The Kier molecular flexibility index (Phi) is 2.40. The highest BCUT2D eigenvalue weighted by Crippen LogP contribution is 2.30. The minimum atomic E-state index is -0.498. The first-order chi connectivity index (χ1) is 7.54. The molecule has 0 unspecified atom stereocenters. The van der Waals surface area contributed by atoms with Gasteiger partial charge in [0.25, 0.3) is 5.69 Å². The molecule has 2 rings (SSSR count). The molecule has 1 heterocycles. The van der Waals surface area contributed by atoms with E-state index in [9.17, 15) is 14.9 Å². The third-order valence-corrected chi connectivity index (χ3v) is 2.71. The number of fused-ring (bicyclic) bond motifs is 1. The van der Waals surface area contributed by atoms with Crippen LogP contribution in [0.25, 0.3) is 10.9 Å². The average molecular weight is 239 g/mol. The number of nitro groups is 1. The van der Waals surface area contributed by atoms with Crippen molar-refractivity contribution in [2.75, 3.05) is 0 Å². The lowest BCUT2D eigenvalue weighted by molar-refractivity contribution is -0.384. The Balaban J connectivity index is 2.88. The summed E-state index contributed by atoms with van der Waals surface area (Å²) in [6.07, 6.45) is 0.588. The SMILES string of the molecule is Cc1cc([N+](=O)[O-])cc2c(C=O)c(Cl)[nH]c12. The minimum Gasteiger partial charge on any atom is -0.345 e. The number of aromatic nitrogens is 1. The van der Waals surface area contributed by atoms with E-state index < -0.39 is 4.92 Å². The van der Waals surface area contributed by atoms with Gasteiger partial charge in [0.2, 0.25) is 0 Å². The van der Waals surface area contributed by atoms with E-state index in [1.165, 1.54) is 12.1 Å². The van der Waals surface area contributed by atoms with Crippen LogP contribution >= 0.6 is 11.6 Å². The van der Waals surface area contributed by atoms with Crippen molar-refractivity contribution in [3.8, 4) is 0 Å². The van der Waals surface area contributed by atoms with Crippen LogP contribution in [0.1, 0.15) is 15.9 Å². The van der Waals surface area contributed by atoms with Crippen LogP contribution < -0.4 is 0 Å². The smallest absolute Gasteiger partial charge is 0.270 e. The summed E-state index contributed by atoms with van der Waals surface area (Å²) in [5.74, 6) is 0. The van der Waals surface area contributed by atoms with E-state index in [1.807, 2.05) is 0 Å². The number of nitro benzene ring substituents is 1. The molecule has 82 valence electrons. The maximum atomic E-state index is 10.8. The number of aromatic amines is 1. The topological polar surface area (TPSA) is 76.0 Å². The summed E-state index contributed by atoms with van der Waals surface area (Å²) in [7, 11) is 0. The number of rotatable bonds is 2. The number of hydrogen-bond donors (Lipinski definition) is 1. The fourth-order valence-corrected chi connectivity index (χ4v) is 1.90. The third-order valence-electron chi connectivity index (χ3n) is 2.41. The first-order valence-corrected chi connectivity index (χ1v) is 4.83. The van der Waals surface area contributed by atoms with E-state index in [4.69, 9.17) is 11.6 Å². The number of non-ortho nitro benzene ring substituents is 1. The van der Waals surface area contributed by atoms with Gasteiger partial charge in [-0.1, -0.05) is 11.6 Å². The number of H-pyrrole nitrogens is 1. The molecule has 0 saturated carbocycles. The van der Waals surface area contributed by atoms with Crippen molar-refractivity contribution in [2.45, 2.75) is 6.92 Å². The number of nitrogens with zero attached hydrogens (tertiary/aromatic N) is 1. The summed E-state index contributed by atoms with van der Waals surface area (Å²) in [4.78, 5) is 23.8. The lowest BCUT2D eigenvalue weighted by Gasteiger charge is -1.97. The maximum absolute atomic E-state index is 10.8. The van der Waals surface area contributed by atoms with Gasteiger partial charge in [-0.2, -0.15) is 0 Å². The largest absolute Gasteiger partial charge is 0.345 e. The van der Waals surface area contributed by atoms with E-state index in [1.54, 1.807) is 6.92 Å². The fraction of sp³-hybridized carbons (Fsp3) is 0.100. The number of benzene rings is 1. The summed E-state index contributed by atoms with van der Waals surface area (Å²) in [5, 5.41) is 11.4. The molecule has 6 heteroatoms. The Morgan fingerprint density at radius 2 is 2.19 bits per heavy atom. The second-order valence-electron chi connectivity index (χ2n) is 3.41. The summed E-state index contributed by atoms with van der Waals surface area (Å²) in [6.45, 7) is 1.72. The Morgan fingerprint density at radius 1 is 1.50 bits per heavy atom. The molecular formula is C10H7ClN2O3. The quantitative estimate of drug-likeness (QED) is 0.496. The van der Waals surface area contributed by atoms with Gasteiger partial charge in [-0.05, 0) is 12.5 Å². The van der Waals surface area contributed by atoms with Gasteiger partial charge in [0.15, 0.2) is 6.29 Å². The standard InChI is InChI=1S/C10H7ClN2O3/c1-5-2-6(13(15)16)3-7-8(4-14)10(11)12-9(5)7/h2-4,12H,1H3. The molecular weight excluding hydrogens is 232 g/mol. The minimum absolute atomic E-state index is 0.0521. The molecule has 1 aromatic heterocycles. The van der Waals surface area contributed by atoms with Crippen LogP contribution in [0.4, 0.5) is 5.69 Å². The van der Waals surface area contributed by atoms with Crippen LogP contribution in [0.5, 0.6) is 0 Å². The van der Waals surface area contributed by atoms with Crippen LogP contribution in [0.15, 0.2) is 12.1 Å². The number of nitrogens with one attached hydrogen (secondary N) is 1. The zero-order valence-corrected chi connectivity index (χ0v) is 9.04. The predicted octanol–water partition coefficient (Wildman–Crippen LogP) is 2.85. The molecule has 0 saturated heterocycles. The van der Waals surface area contributed by atoms with Gasteiger partial charge >= 0.3 is 0 Å². The number of halogens is 1. The van der Waals surface area contributed by atoms with Crippen molar-refractivity contribution in [2.24, 2.45) is 0 Å². The molecule has 2 aromatic rings. The van der Waals surface area contributed by atoms with Crippen molar-refractivity contribution < 1.29 is 9.72 Å². The van der Waals surface area contributed by atoms with Gasteiger partial charge in [0, 0.05) is 17.5 Å². The Hall–Kier alpha value is -1.88. The second kappa shape index (κ2) is 3.61. The van der Waals surface area contributed by atoms with Gasteiger partial charge < -0.3 is 4.98 Å². The van der Waals surface area contributed by atoms with Crippen molar-refractivity contribution in [1.82, 2.24) is 4.98 Å². The molecule has 1 N–H and O–H groups in total. The van der Waals surface area contributed by atoms with Crippen molar-refractivity contribution in [3.05, 3.63) is 38.5 Å². The van der Waals surface area contributed by atoms with Crippen molar-refractivity contribution in [3.63, 3.8) is 0 Å². The van der Waals surface area contributed by atoms with Crippen LogP contribution in [0, 0.1) is 17.0 Å². The van der Waals surface area contributed by atoms with E-state index in [-0.39, 0.29) is 16.4 Å². The number of aryl methyl sites for hydroxylation is 1. The molecule has 0 aliphatic rings. The van der Waals surface area contributed by atoms with E-state index in [2.05, 4.69) is 4.98 Å². The Labute approximate surface area is 95.2 Å². The average Bonchev–Trinajstić information content (AvgIpc) is 2.54. The van der Waals surface area contributed by atoms with Crippen LogP contribution in [-0.4, -0.2) is 16.2 Å². The lowest BCUT2D eigenvalue weighted by Crippen LogP contribution is -1.89. The lowest BCUT2D eigenvalue weighted by atomic mass is 10.1. The van der Waals surface area contributed by atoms with Crippen molar-refractivity contribution >= 4 is 34.5 Å². The predicted molar refractivity (Wildman–Crippen MR) is 60.1 cm³/mol. The molecule has 16 heavy (non-hydrogen) atoms. The zero-order valence-electron chi connectivity index (χ0n) is 8.28. The van der Waals surface area contributed by atoms with E-state index in [0.717, 1.165) is 0 Å².